The maximum Gasteiger partial charge on any atom is 0.178 e. The topological polar surface area (TPSA) is 179 Å². The van der Waals surface area contributed by atoms with Crippen molar-refractivity contribution in [2.24, 2.45) is 0 Å². The molecule has 8 aromatic rings. The molecule has 0 aliphatic carbocycles. The Morgan fingerprint density at radius 1 is 0.509 bits per heavy atom. The fraction of sp³-hybridized carbons (Fsp3) is 0.167. The molecule has 55 heavy (non-hydrogen) atoms. The third-order valence-electron chi connectivity index (χ3n) is 6.94. The molecule has 16 nitrogen and oxygen atoms in total. The molecule has 8 aromatic heterocycles. The lowest BCUT2D eigenvalue weighted by atomic mass is 10.2. The molecule has 8 rings (SSSR count). The molecule has 0 atom stereocenters. The fourth-order valence-corrected chi connectivity index (χ4v) is 4.73. The average molecular weight is 768 g/mol. The quantitative estimate of drug-likeness (QED) is 0.190. The van der Waals surface area contributed by atoms with E-state index in [0.29, 0.717) is 33.7 Å². The van der Waals surface area contributed by atoms with E-state index < -0.39 is 0 Å². The van der Waals surface area contributed by atoms with Crippen LogP contribution in [0.5, 0.6) is 5.75 Å². The summed E-state index contributed by atoms with van der Waals surface area (Å²) in [6, 6.07) is 8.26. The van der Waals surface area contributed by atoms with Crippen molar-refractivity contribution in [2.45, 2.75) is 35.1 Å². The molecule has 282 valence electrons. The molecule has 0 aliphatic heterocycles. The van der Waals surface area contributed by atoms with Gasteiger partial charge in [-0.25, -0.2) is 38.7 Å². The van der Waals surface area contributed by atoms with E-state index in [4.69, 9.17) is 16.3 Å². The normalized spacial score (nSPS) is 10.0. The van der Waals surface area contributed by atoms with E-state index >= 15 is 0 Å². The number of hydrogen-bond acceptors (Lipinski definition) is 13. The predicted molar refractivity (Wildman–Crippen MR) is 200 cm³/mol. The molecule has 0 spiro atoms. The molecule has 0 bridgehead atoms. The van der Waals surface area contributed by atoms with Gasteiger partial charge >= 0.3 is 0 Å². The average Bonchev–Trinajstić information content (AvgIpc) is 3.99. The van der Waals surface area contributed by atoms with Crippen molar-refractivity contribution in [1.82, 2.24) is 74.9 Å². The van der Waals surface area contributed by atoms with Gasteiger partial charge in [0.05, 0.1) is 67.9 Å². The van der Waals surface area contributed by atoms with E-state index in [1.54, 1.807) is 89.0 Å². The Balaban J connectivity index is 0.000000162. The van der Waals surface area contributed by atoms with Crippen molar-refractivity contribution >= 4 is 11.6 Å². The van der Waals surface area contributed by atoms with Crippen LogP contribution in [0.2, 0.25) is 5.02 Å². The highest BCUT2D eigenvalue weighted by molar-refractivity contribution is 6.30. The summed E-state index contributed by atoms with van der Waals surface area (Å²) in [5, 5.41) is 24.4. The van der Waals surface area contributed by atoms with Gasteiger partial charge in [0.15, 0.2) is 23.3 Å². The van der Waals surface area contributed by atoms with E-state index in [-0.39, 0.29) is 19.1 Å². The van der Waals surface area contributed by atoms with Gasteiger partial charge in [0.1, 0.15) is 23.1 Å². The molecule has 0 aliphatic rings. The standard InChI is InChI=1S/C10H8FN3.C9H10N4O.C8H7ClN4.C8H7FN4.CH4/c1-7-5-8(11)6-14-9(7)10-12-3-2-4-13-10;1-7-5-8(14-2)6-10-9(7)13-11-3-4-12-13;2*1-6-4-7(9)5-10-8(6)13-11-2-3-12-13;/h2-6H,1H3;3-6H,1-2H3;2*2-5H,1H3;1H4. The number of rotatable bonds is 5. The third-order valence-corrected chi connectivity index (χ3v) is 7.15. The summed E-state index contributed by atoms with van der Waals surface area (Å²) < 4.78 is 30.5. The molecular formula is C36H36ClF2N15O. The van der Waals surface area contributed by atoms with Crippen molar-refractivity contribution < 1.29 is 13.5 Å². The summed E-state index contributed by atoms with van der Waals surface area (Å²) in [6.07, 6.45) is 18.3. The van der Waals surface area contributed by atoms with Crippen LogP contribution in [-0.2, 0) is 0 Å². The lowest BCUT2D eigenvalue weighted by molar-refractivity contribution is 0.412. The molecule has 0 aromatic carbocycles. The van der Waals surface area contributed by atoms with E-state index in [1.165, 1.54) is 32.7 Å². The monoisotopic (exact) mass is 767 g/mol. The Hall–Kier alpha value is -6.95. The minimum absolute atomic E-state index is 0. The van der Waals surface area contributed by atoms with Crippen LogP contribution < -0.4 is 4.74 Å². The Morgan fingerprint density at radius 3 is 1.36 bits per heavy atom. The van der Waals surface area contributed by atoms with Gasteiger partial charge in [-0.3, -0.25) is 0 Å². The van der Waals surface area contributed by atoms with Crippen LogP contribution in [0.15, 0.2) is 105 Å². The van der Waals surface area contributed by atoms with Crippen molar-refractivity contribution in [1.29, 1.82) is 0 Å². The first-order valence-corrected chi connectivity index (χ1v) is 16.2. The number of pyridine rings is 4. The SMILES string of the molecule is C.COc1cnc(-n2nccn2)c(C)c1.Cc1cc(Cl)cnc1-n1nccn1.Cc1cc(F)cnc1-c1ncccn1.Cc1cc(F)cnc1-n1nccn1. The second-order valence-corrected chi connectivity index (χ2v) is 11.4. The zero-order valence-electron chi connectivity index (χ0n) is 29.6. The van der Waals surface area contributed by atoms with Crippen molar-refractivity contribution in [3.05, 3.63) is 144 Å². The van der Waals surface area contributed by atoms with Gasteiger partial charge in [0, 0.05) is 18.6 Å². The molecule has 8 heterocycles. The van der Waals surface area contributed by atoms with Gasteiger partial charge in [0.2, 0.25) is 0 Å². The van der Waals surface area contributed by atoms with Crippen LogP contribution in [0.3, 0.4) is 0 Å². The maximum atomic E-state index is 12.8. The van der Waals surface area contributed by atoms with E-state index in [0.717, 1.165) is 34.5 Å². The molecule has 0 saturated heterocycles. The van der Waals surface area contributed by atoms with Gasteiger partial charge in [-0.05, 0) is 80.3 Å². The fourth-order valence-electron chi connectivity index (χ4n) is 4.52. The summed E-state index contributed by atoms with van der Waals surface area (Å²) >= 11 is 5.77. The van der Waals surface area contributed by atoms with E-state index in [2.05, 4.69) is 60.5 Å². The van der Waals surface area contributed by atoms with Gasteiger partial charge < -0.3 is 4.74 Å². The Labute approximate surface area is 319 Å². The maximum absolute atomic E-state index is 12.8. The zero-order chi connectivity index (χ0) is 38.5. The van der Waals surface area contributed by atoms with Crippen molar-refractivity contribution in [2.75, 3.05) is 7.11 Å². The van der Waals surface area contributed by atoms with Crippen LogP contribution in [0.1, 0.15) is 29.7 Å². The Morgan fingerprint density at radius 2 is 0.927 bits per heavy atom. The van der Waals surface area contributed by atoms with Gasteiger partial charge in [0.25, 0.3) is 0 Å². The van der Waals surface area contributed by atoms with Crippen LogP contribution in [0, 0.1) is 39.3 Å². The first-order chi connectivity index (χ1) is 26.1. The number of hydrogen-bond donors (Lipinski definition) is 0. The first kappa shape index (κ1) is 40.8. The van der Waals surface area contributed by atoms with Crippen LogP contribution >= 0.6 is 11.6 Å². The van der Waals surface area contributed by atoms with E-state index in [1.807, 2.05) is 26.0 Å². The van der Waals surface area contributed by atoms with Gasteiger partial charge in [-0.15, -0.1) is 14.4 Å². The van der Waals surface area contributed by atoms with Crippen LogP contribution in [-0.4, -0.2) is 82.0 Å². The molecule has 0 amide bonds. The number of nitrogens with zero attached hydrogens (tertiary/aromatic N) is 15. The third kappa shape index (κ3) is 11.3. The van der Waals surface area contributed by atoms with Crippen LogP contribution in [0.25, 0.3) is 29.0 Å². The van der Waals surface area contributed by atoms with Crippen molar-refractivity contribution in [3.63, 3.8) is 0 Å². The molecule has 0 radical (unpaired) electrons. The highest BCUT2D eigenvalue weighted by Crippen LogP contribution is 2.17. The molecule has 0 unspecified atom stereocenters. The Bertz CT molecular complexity index is 2280. The largest absolute Gasteiger partial charge is 0.495 e. The first-order valence-electron chi connectivity index (χ1n) is 15.9. The summed E-state index contributed by atoms with van der Waals surface area (Å²) in [4.78, 5) is 28.5. The minimum atomic E-state index is -0.353. The summed E-state index contributed by atoms with van der Waals surface area (Å²) in [6.45, 7) is 7.39. The molecule has 0 fully saturated rings. The number of methoxy groups -OCH3 is 1. The molecule has 0 N–H and O–H groups in total. The number of aryl methyl sites for hydroxylation is 4. The van der Waals surface area contributed by atoms with Gasteiger partial charge in [-0.1, -0.05) is 19.0 Å². The number of halogens is 3. The Kier molecular flexibility index (Phi) is 14.7. The highest BCUT2D eigenvalue weighted by atomic mass is 35.5. The molecule has 0 saturated carbocycles. The van der Waals surface area contributed by atoms with Crippen molar-refractivity contribution in [3.8, 4) is 34.7 Å². The molecule has 19 heteroatoms. The highest BCUT2D eigenvalue weighted by Gasteiger charge is 2.08. The summed E-state index contributed by atoms with van der Waals surface area (Å²) in [5.41, 5.74) is 3.98. The van der Waals surface area contributed by atoms with Gasteiger partial charge in [-0.2, -0.15) is 30.6 Å². The van der Waals surface area contributed by atoms with Crippen LogP contribution in [0.4, 0.5) is 8.78 Å². The second-order valence-electron chi connectivity index (χ2n) is 11.0. The second kappa shape index (κ2) is 19.8. The smallest absolute Gasteiger partial charge is 0.178 e. The lowest BCUT2D eigenvalue weighted by Crippen LogP contribution is -2.04. The number of aromatic nitrogens is 15. The molecular weight excluding hydrogens is 732 g/mol. The minimum Gasteiger partial charge on any atom is -0.495 e. The summed E-state index contributed by atoms with van der Waals surface area (Å²) in [7, 11) is 1.61. The lowest BCUT2D eigenvalue weighted by Gasteiger charge is -2.04. The summed E-state index contributed by atoms with van der Waals surface area (Å²) in [5.74, 6) is 2.52. The van der Waals surface area contributed by atoms with E-state index in [9.17, 15) is 8.78 Å². The zero-order valence-corrected chi connectivity index (χ0v) is 30.3. The predicted octanol–water partition coefficient (Wildman–Crippen LogP) is 6.34. The number of ether oxygens (including phenoxy) is 1.